The molecular formula is C10H17. The molecule has 0 spiro atoms. The van der Waals surface area contributed by atoms with Gasteiger partial charge in [-0.2, -0.15) is 0 Å². The Hall–Kier alpha value is 0. The van der Waals surface area contributed by atoms with Crippen LogP contribution in [-0.4, -0.2) is 0 Å². The van der Waals surface area contributed by atoms with Crippen LogP contribution >= 0.6 is 0 Å². The molecule has 0 heteroatoms. The maximum absolute atomic E-state index is 2.49. The molecule has 0 saturated heterocycles. The Labute approximate surface area is 64.0 Å². The molecule has 3 rings (SSSR count). The van der Waals surface area contributed by atoms with E-state index in [4.69, 9.17) is 0 Å². The third-order valence-corrected chi connectivity index (χ3v) is 4.32. The molecule has 0 nitrogen and oxygen atoms in total. The van der Waals surface area contributed by atoms with Gasteiger partial charge >= 0.3 is 0 Å². The van der Waals surface area contributed by atoms with Crippen LogP contribution in [0.4, 0.5) is 0 Å². The zero-order valence-electron chi connectivity index (χ0n) is 7.28. The van der Waals surface area contributed by atoms with Crippen LogP contribution in [0.25, 0.3) is 0 Å². The first kappa shape index (κ1) is 6.69. The highest BCUT2D eigenvalue weighted by Gasteiger charge is 2.58. The van der Waals surface area contributed by atoms with E-state index in [1.54, 1.807) is 0 Å². The molecule has 3 aliphatic carbocycles. The van der Waals surface area contributed by atoms with Gasteiger partial charge in [-0.25, -0.2) is 0 Å². The first-order valence-corrected chi connectivity index (χ1v) is 4.38. The van der Waals surface area contributed by atoms with E-state index in [0.29, 0.717) is 10.8 Å². The summed E-state index contributed by atoms with van der Waals surface area (Å²) >= 11 is 0. The lowest BCUT2D eigenvalue weighted by molar-refractivity contribution is -0.130. The summed E-state index contributed by atoms with van der Waals surface area (Å²) < 4.78 is 0. The van der Waals surface area contributed by atoms with Crippen LogP contribution in [0, 0.1) is 23.2 Å². The Kier molecular flexibility index (Phi) is 1.07. The summed E-state index contributed by atoms with van der Waals surface area (Å²) in [5, 5.41) is 0. The molecule has 0 heterocycles. The molecule has 3 aliphatic rings. The highest BCUT2D eigenvalue weighted by Crippen LogP contribution is 2.67. The minimum Gasteiger partial charge on any atom is -0.0591 e. The van der Waals surface area contributed by atoms with Crippen molar-refractivity contribution in [1.82, 2.24) is 0 Å². The minimum atomic E-state index is 0.641. The predicted octanol–water partition coefficient (Wildman–Crippen LogP) is 3.04. The molecule has 2 unspecified atom stereocenters. The zero-order chi connectivity index (χ0) is 7.41. The average molecular weight is 137 g/mol. The summed E-state index contributed by atoms with van der Waals surface area (Å²) in [6.45, 7) is 7.32. The van der Waals surface area contributed by atoms with E-state index in [-0.39, 0.29) is 0 Å². The fourth-order valence-electron chi connectivity index (χ4n) is 2.75. The Morgan fingerprint density at radius 2 is 2.00 bits per heavy atom. The molecule has 0 amide bonds. The molecule has 10 heavy (non-hydrogen) atoms. The first-order valence-electron chi connectivity index (χ1n) is 4.38. The lowest BCUT2D eigenvalue weighted by Crippen LogP contribution is -2.56. The van der Waals surface area contributed by atoms with Gasteiger partial charge in [0.15, 0.2) is 0 Å². The number of hydrogen-bond acceptors (Lipinski definition) is 0. The van der Waals surface area contributed by atoms with Gasteiger partial charge in [-0.05, 0) is 42.4 Å². The largest absolute Gasteiger partial charge is 0.0591 e. The van der Waals surface area contributed by atoms with Crippen LogP contribution in [-0.2, 0) is 0 Å². The maximum atomic E-state index is 2.49. The van der Waals surface area contributed by atoms with Crippen molar-refractivity contribution in [3.8, 4) is 0 Å². The van der Waals surface area contributed by atoms with Crippen LogP contribution in [0.15, 0.2) is 0 Å². The van der Waals surface area contributed by atoms with Gasteiger partial charge in [-0.3, -0.25) is 0 Å². The van der Waals surface area contributed by atoms with E-state index in [0.717, 1.165) is 5.92 Å². The third-order valence-electron chi connectivity index (χ3n) is 4.32. The lowest BCUT2D eigenvalue weighted by atomic mass is 9.41. The number of rotatable bonds is 0. The van der Waals surface area contributed by atoms with Crippen LogP contribution in [0.2, 0.25) is 0 Å². The smallest absolute Gasteiger partial charge is 0.0266 e. The molecule has 3 fully saturated rings. The van der Waals surface area contributed by atoms with Crippen LogP contribution in [0.1, 0.15) is 40.0 Å². The average Bonchev–Trinajstić information content (AvgIpc) is 1.88. The van der Waals surface area contributed by atoms with Gasteiger partial charge in [0.25, 0.3) is 0 Å². The van der Waals surface area contributed by atoms with Gasteiger partial charge in [0.2, 0.25) is 0 Å². The molecule has 2 bridgehead atoms. The molecule has 0 aliphatic heterocycles. The zero-order valence-corrected chi connectivity index (χ0v) is 7.28. The van der Waals surface area contributed by atoms with Crippen LogP contribution in [0.3, 0.4) is 0 Å². The van der Waals surface area contributed by atoms with E-state index in [1.165, 1.54) is 19.3 Å². The monoisotopic (exact) mass is 137 g/mol. The summed E-state index contributed by atoms with van der Waals surface area (Å²) in [6, 6.07) is 0. The second kappa shape index (κ2) is 1.60. The minimum absolute atomic E-state index is 0.641. The van der Waals surface area contributed by atoms with Crippen molar-refractivity contribution in [2.24, 2.45) is 16.7 Å². The summed E-state index contributed by atoms with van der Waals surface area (Å²) in [4.78, 5) is 0. The highest BCUT2D eigenvalue weighted by atomic mass is 14.6. The fraction of sp³-hybridized carbons (Fsp3) is 0.900. The van der Waals surface area contributed by atoms with Crippen molar-refractivity contribution in [2.75, 3.05) is 0 Å². The van der Waals surface area contributed by atoms with Gasteiger partial charge in [0.05, 0.1) is 0 Å². The van der Waals surface area contributed by atoms with E-state index in [1.807, 2.05) is 0 Å². The van der Waals surface area contributed by atoms with Gasteiger partial charge in [0, 0.05) is 0 Å². The molecule has 0 N–H and O–H groups in total. The van der Waals surface area contributed by atoms with Crippen molar-refractivity contribution in [3.05, 3.63) is 6.42 Å². The van der Waals surface area contributed by atoms with Crippen molar-refractivity contribution in [1.29, 1.82) is 0 Å². The normalized spacial score (nSPS) is 50.1. The molecule has 1 radical (unpaired) electrons. The highest BCUT2D eigenvalue weighted by molar-refractivity contribution is 5.11. The fourth-order valence-corrected chi connectivity index (χ4v) is 2.75. The van der Waals surface area contributed by atoms with E-state index in [2.05, 4.69) is 27.2 Å². The van der Waals surface area contributed by atoms with Gasteiger partial charge in [0.1, 0.15) is 0 Å². The molecule has 0 aromatic carbocycles. The van der Waals surface area contributed by atoms with Crippen molar-refractivity contribution < 1.29 is 0 Å². The second-order valence-electron chi connectivity index (χ2n) is 4.91. The SMILES string of the molecule is CC12C[CH]CC(C1)C2(C)C. The Morgan fingerprint density at radius 3 is 2.30 bits per heavy atom. The van der Waals surface area contributed by atoms with Crippen molar-refractivity contribution in [3.63, 3.8) is 0 Å². The van der Waals surface area contributed by atoms with Gasteiger partial charge in [-0.15, -0.1) is 0 Å². The van der Waals surface area contributed by atoms with E-state index < -0.39 is 0 Å². The van der Waals surface area contributed by atoms with E-state index >= 15 is 0 Å². The summed E-state index contributed by atoms with van der Waals surface area (Å²) in [5.41, 5.74) is 1.30. The molecule has 0 aromatic heterocycles. The van der Waals surface area contributed by atoms with Gasteiger partial charge in [-0.1, -0.05) is 20.8 Å². The molecular weight excluding hydrogens is 120 g/mol. The summed E-state index contributed by atoms with van der Waals surface area (Å²) in [5.74, 6) is 1.01. The predicted molar refractivity (Wildman–Crippen MR) is 43.5 cm³/mol. The third kappa shape index (κ3) is 0.538. The Balaban J connectivity index is 2.24. The summed E-state index contributed by atoms with van der Waals surface area (Å²) in [7, 11) is 0. The van der Waals surface area contributed by atoms with Crippen LogP contribution in [0.5, 0.6) is 0 Å². The Morgan fingerprint density at radius 1 is 1.30 bits per heavy atom. The molecule has 2 atom stereocenters. The lowest BCUT2D eigenvalue weighted by Gasteiger charge is -2.64. The van der Waals surface area contributed by atoms with Gasteiger partial charge < -0.3 is 0 Å². The quantitative estimate of drug-likeness (QED) is 0.481. The summed E-state index contributed by atoms with van der Waals surface area (Å²) in [6.07, 6.45) is 6.70. The molecule has 57 valence electrons. The van der Waals surface area contributed by atoms with Crippen molar-refractivity contribution in [2.45, 2.75) is 40.0 Å². The first-order chi connectivity index (χ1) is 4.56. The molecule has 3 saturated carbocycles. The topological polar surface area (TPSA) is 0 Å². The Bertz CT molecular complexity index is 151. The molecule has 0 aromatic rings. The van der Waals surface area contributed by atoms with Crippen LogP contribution < -0.4 is 0 Å². The standard InChI is InChI=1S/C10H17/c1-9(2)8-5-4-6-10(9,3)7-8/h4,8H,5-7H2,1-3H3. The number of hydrogen-bond donors (Lipinski definition) is 0. The maximum Gasteiger partial charge on any atom is -0.0266 e. The van der Waals surface area contributed by atoms with E-state index in [9.17, 15) is 0 Å². The second-order valence-corrected chi connectivity index (χ2v) is 4.91. The number of fused-ring (bicyclic) bond motifs is 2. The van der Waals surface area contributed by atoms with Crippen molar-refractivity contribution >= 4 is 0 Å².